The standard InChI is InChI=1S/C8H12N.W/c1-5-7(3)8(4)9-6-2;/h1-4H3;/q-1;. The van der Waals surface area contributed by atoms with Crippen LogP contribution in [0.15, 0.2) is 10.6 Å². The first kappa shape index (κ1) is 9.97. The van der Waals surface area contributed by atoms with E-state index in [-0.39, 0.29) is 0 Å². The summed E-state index contributed by atoms with van der Waals surface area (Å²) in [5, 5.41) is 0. The van der Waals surface area contributed by atoms with Gasteiger partial charge in [0.15, 0.2) is 0 Å². The quantitative estimate of drug-likeness (QED) is 0.546. The van der Waals surface area contributed by atoms with Crippen LogP contribution in [0, 0.1) is 6.08 Å². The second-order valence-electron chi connectivity index (χ2n) is 2.09. The molecule has 0 rings (SSSR count). The molecular weight excluding hydrogens is 294 g/mol. The first-order chi connectivity index (χ1) is 4.57. The summed E-state index contributed by atoms with van der Waals surface area (Å²) >= 11 is 1.43. The van der Waals surface area contributed by atoms with Crippen molar-refractivity contribution < 1.29 is 19.4 Å². The van der Waals surface area contributed by atoms with E-state index in [1.165, 1.54) is 23.4 Å². The molecule has 0 amide bonds. The summed E-state index contributed by atoms with van der Waals surface area (Å²) in [6.07, 6.45) is 3.05. The first-order valence-electron chi connectivity index (χ1n) is 3.15. The number of allylic oxidation sites excluding steroid dienone is 2. The van der Waals surface area contributed by atoms with Crippen LogP contribution in [0.1, 0.15) is 27.7 Å². The molecule has 0 saturated heterocycles. The number of hydrogen-bond donors (Lipinski definition) is 0. The van der Waals surface area contributed by atoms with Gasteiger partial charge in [-0.3, -0.25) is 0 Å². The van der Waals surface area contributed by atoms with Crippen LogP contribution in [0.5, 0.6) is 0 Å². The van der Waals surface area contributed by atoms with Crippen molar-refractivity contribution in [3.63, 3.8) is 0 Å². The summed E-state index contributed by atoms with van der Waals surface area (Å²) < 4.78 is 1.17. The molecule has 0 aromatic heterocycles. The summed E-state index contributed by atoms with van der Waals surface area (Å²) in [5.41, 5.74) is 2.22. The maximum atomic E-state index is 4.32. The minimum atomic E-state index is 1.08. The summed E-state index contributed by atoms with van der Waals surface area (Å²) in [5.74, 6) is 0. The Labute approximate surface area is 73.7 Å². The molecule has 56 valence electrons. The van der Waals surface area contributed by atoms with Gasteiger partial charge in [-0.05, 0) is 0 Å². The van der Waals surface area contributed by atoms with Gasteiger partial charge in [-0.1, -0.05) is 0 Å². The predicted octanol–water partition coefficient (Wildman–Crippen LogP) is 1.91. The van der Waals surface area contributed by atoms with Crippen molar-refractivity contribution in [2.24, 2.45) is 4.99 Å². The van der Waals surface area contributed by atoms with E-state index >= 15 is 0 Å². The number of aliphatic imine (C=N–C) groups is 1. The van der Waals surface area contributed by atoms with Crippen molar-refractivity contribution in [3.8, 4) is 0 Å². The Hall–Kier alpha value is -0.0317. The fraction of sp³-hybridized carbons (Fsp3) is 0.500. The third kappa shape index (κ3) is 3.89. The molecule has 0 radical (unpaired) electrons. The molecule has 0 aliphatic carbocycles. The number of nitrogens with zero attached hydrogens (tertiary/aromatic N) is 1. The first-order valence-corrected chi connectivity index (χ1v) is 4.62. The summed E-state index contributed by atoms with van der Waals surface area (Å²) in [7, 11) is 0. The SMILES string of the molecule is C[C-]=C(C)C(C)=N[C](C)=[W]. The van der Waals surface area contributed by atoms with Crippen LogP contribution in [0.25, 0.3) is 0 Å². The van der Waals surface area contributed by atoms with Gasteiger partial charge in [0, 0.05) is 0 Å². The molecule has 0 fully saturated rings. The van der Waals surface area contributed by atoms with E-state index in [0.717, 1.165) is 11.3 Å². The number of hydrogen-bond acceptors (Lipinski definition) is 1. The van der Waals surface area contributed by atoms with Crippen molar-refractivity contribution >= 4 is 9.73 Å². The molecule has 2 heteroatoms. The zero-order chi connectivity index (χ0) is 8.15. The summed E-state index contributed by atoms with van der Waals surface area (Å²) in [6.45, 7) is 7.98. The average molecular weight is 306 g/mol. The molecule has 0 atom stereocenters. The number of rotatable bonds is 2. The Bertz CT molecular complexity index is 189. The zero-order valence-corrected chi connectivity index (χ0v) is 9.79. The minimum absolute atomic E-state index is 1.08. The van der Waals surface area contributed by atoms with E-state index in [2.05, 4.69) is 11.1 Å². The molecule has 0 aromatic carbocycles. The van der Waals surface area contributed by atoms with Gasteiger partial charge in [0.05, 0.1) is 0 Å². The van der Waals surface area contributed by atoms with E-state index in [1.807, 2.05) is 27.7 Å². The molecule has 0 aliphatic rings. The van der Waals surface area contributed by atoms with Gasteiger partial charge >= 0.3 is 73.4 Å². The molecule has 0 aromatic rings. The van der Waals surface area contributed by atoms with Gasteiger partial charge in [0.1, 0.15) is 0 Å². The molecule has 0 aliphatic heterocycles. The van der Waals surface area contributed by atoms with Crippen LogP contribution in [0.4, 0.5) is 0 Å². The van der Waals surface area contributed by atoms with Crippen LogP contribution >= 0.6 is 0 Å². The van der Waals surface area contributed by atoms with Crippen molar-refractivity contribution in [2.45, 2.75) is 27.7 Å². The van der Waals surface area contributed by atoms with Crippen molar-refractivity contribution in [1.29, 1.82) is 0 Å². The molecule has 0 heterocycles. The zero-order valence-electron chi connectivity index (χ0n) is 6.86. The van der Waals surface area contributed by atoms with Gasteiger partial charge in [-0.2, -0.15) is 0 Å². The van der Waals surface area contributed by atoms with Gasteiger partial charge in [0.25, 0.3) is 0 Å². The molecule has 10 heavy (non-hydrogen) atoms. The van der Waals surface area contributed by atoms with Gasteiger partial charge in [0.2, 0.25) is 0 Å². The normalized spacial score (nSPS) is 13.6. The third-order valence-corrected chi connectivity index (χ3v) is 1.57. The van der Waals surface area contributed by atoms with Crippen LogP contribution in [0.3, 0.4) is 0 Å². The molecule has 1 nitrogen and oxygen atoms in total. The summed E-state index contributed by atoms with van der Waals surface area (Å²) in [6, 6.07) is 0. The van der Waals surface area contributed by atoms with Crippen LogP contribution in [-0.4, -0.2) is 9.73 Å². The van der Waals surface area contributed by atoms with Crippen LogP contribution < -0.4 is 0 Å². The molecule has 0 unspecified atom stereocenters. The van der Waals surface area contributed by atoms with Crippen LogP contribution in [0.2, 0.25) is 0 Å². The molecular formula is C8H12NW-. The average Bonchev–Trinajstić information content (AvgIpc) is 1.85. The summed E-state index contributed by atoms with van der Waals surface area (Å²) in [4.78, 5) is 4.32. The molecule has 0 saturated carbocycles. The van der Waals surface area contributed by atoms with Gasteiger partial charge in [-0.25, -0.2) is 0 Å². The van der Waals surface area contributed by atoms with Crippen molar-refractivity contribution in [1.82, 2.24) is 0 Å². The van der Waals surface area contributed by atoms with Crippen LogP contribution in [-0.2, 0) is 19.4 Å². The Morgan fingerprint density at radius 1 is 1.30 bits per heavy atom. The Morgan fingerprint density at radius 3 is 2.10 bits per heavy atom. The molecule has 0 bridgehead atoms. The van der Waals surface area contributed by atoms with Gasteiger partial charge < -0.3 is 0 Å². The molecule has 0 spiro atoms. The fourth-order valence-electron chi connectivity index (χ4n) is 0.501. The third-order valence-electron chi connectivity index (χ3n) is 1.24. The van der Waals surface area contributed by atoms with Crippen molar-refractivity contribution in [2.75, 3.05) is 0 Å². The van der Waals surface area contributed by atoms with Crippen molar-refractivity contribution in [3.05, 3.63) is 11.6 Å². The maximum absolute atomic E-state index is 4.32. The van der Waals surface area contributed by atoms with E-state index in [1.54, 1.807) is 0 Å². The predicted molar refractivity (Wildman–Crippen MR) is 41.9 cm³/mol. The molecule has 0 N–H and O–H groups in total. The Balaban J connectivity index is 4.35. The topological polar surface area (TPSA) is 12.4 Å². The Kier molecular flexibility index (Phi) is 4.72. The van der Waals surface area contributed by atoms with E-state index < -0.39 is 0 Å². The second kappa shape index (κ2) is 4.73. The second-order valence-corrected chi connectivity index (χ2v) is 4.21. The monoisotopic (exact) mass is 306 g/mol. The fourth-order valence-corrected chi connectivity index (χ4v) is 0.993. The Morgan fingerprint density at radius 2 is 1.80 bits per heavy atom. The van der Waals surface area contributed by atoms with E-state index in [4.69, 9.17) is 0 Å². The van der Waals surface area contributed by atoms with Gasteiger partial charge in [-0.15, -0.1) is 0 Å². The van der Waals surface area contributed by atoms with E-state index in [9.17, 15) is 0 Å². The van der Waals surface area contributed by atoms with E-state index in [0.29, 0.717) is 0 Å².